The molecule has 0 amide bonds. The molecule has 0 saturated carbocycles. The summed E-state index contributed by atoms with van der Waals surface area (Å²) in [5, 5.41) is 19.8. The van der Waals surface area contributed by atoms with Gasteiger partial charge >= 0.3 is 0 Å². The first-order valence-corrected chi connectivity index (χ1v) is 6.44. The van der Waals surface area contributed by atoms with Crippen LogP contribution in [0.3, 0.4) is 0 Å². The van der Waals surface area contributed by atoms with Gasteiger partial charge in [0.05, 0.1) is 13.2 Å². The highest BCUT2D eigenvalue weighted by Crippen LogP contribution is 2.30. The molecule has 3 N–H and O–H groups in total. The lowest BCUT2D eigenvalue weighted by Gasteiger charge is -2.09. The van der Waals surface area contributed by atoms with Crippen LogP contribution in [0.4, 0.5) is 10.3 Å². The molecule has 1 aliphatic carbocycles. The van der Waals surface area contributed by atoms with Gasteiger partial charge in [0.1, 0.15) is 18.2 Å². The van der Waals surface area contributed by atoms with Gasteiger partial charge in [-0.2, -0.15) is 0 Å². The third-order valence-electron chi connectivity index (χ3n) is 3.29. The number of nitrogens with zero attached hydrogens (tertiary/aromatic N) is 4. The second-order valence-electron chi connectivity index (χ2n) is 4.72. The van der Waals surface area contributed by atoms with Crippen molar-refractivity contribution in [3.63, 3.8) is 0 Å². The van der Waals surface area contributed by atoms with Crippen LogP contribution in [0.5, 0.6) is 5.75 Å². The van der Waals surface area contributed by atoms with Crippen molar-refractivity contribution < 1.29 is 14.2 Å². The van der Waals surface area contributed by atoms with Gasteiger partial charge in [-0.3, -0.25) is 0 Å². The van der Waals surface area contributed by atoms with Gasteiger partial charge in [-0.15, -0.1) is 0 Å². The molecule has 1 aromatic heterocycles. The number of nitrogen functional groups attached to an aromatic ring is 1. The van der Waals surface area contributed by atoms with Crippen LogP contribution in [-0.4, -0.2) is 38.5 Å². The van der Waals surface area contributed by atoms with Crippen LogP contribution in [0, 0.1) is 5.82 Å². The summed E-state index contributed by atoms with van der Waals surface area (Å²) in [4.78, 5) is 0. The smallest absolute Gasteiger partial charge is 0.240 e. The molecule has 1 aliphatic rings. The summed E-state index contributed by atoms with van der Waals surface area (Å²) in [5.74, 6) is 0.286. The Labute approximate surface area is 119 Å². The number of hydrogen-bond donors (Lipinski definition) is 2. The molecule has 0 spiro atoms. The Morgan fingerprint density at radius 1 is 1.43 bits per heavy atom. The lowest BCUT2D eigenvalue weighted by atomic mass is 10.1. The molecule has 0 unspecified atom stereocenters. The van der Waals surface area contributed by atoms with Gasteiger partial charge in [0.2, 0.25) is 5.95 Å². The molecule has 110 valence electrons. The fraction of sp³-hybridized carbons (Fsp3) is 0.308. The molecule has 21 heavy (non-hydrogen) atoms. The van der Waals surface area contributed by atoms with Crippen molar-refractivity contribution in [1.82, 2.24) is 20.2 Å². The van der Waals surface area contributed by atoms with Crippen molar-refractivity contribution in [2.75, 3.05) is 18.9 Å². The number of halogens is 1. The maximum absolute atomic E-state index is 14.0. The average molecular weight is 291 g/mol. The Morgan fingerprint density at radius 2 is 2.29 bits per heavy atom. The maximum Gasteiger partial charge on any atom is 0.240 e. The number of aliphatic hydroxyl groups excluding tert-OH is 1. The minimum Gasteiger partial charge on any atom is -0.492 e. The van der Waals surface area contributed by atoms with Gasteiger partial charge in [0.25, 0.3) is 0 Å². The van der Waals surface area contributed by atoms with E-state index in [0.29, 0.717) is 24.3 Å². The summed E-state index contributed by atoms with van der Waals surface area (Å²) in [7, 11) is 0. The SMILES string of the molecule is Nc1nnnn1CCOc1cc(F)c2c(c1)CC(CO)=C2. The first-order valence-electron chi connectivity index (χ1n) is 6.44. The topological polar surface area (TPSA) is 99.1 Å². The Bertz CT molecular complexity index is 698. The van der Waals surface area contributed by atoms with Crippen LogP contribution in [0.15, 0.2) is 17.7 Å². The number of aliphatic hydroxyl groups is 1. The van der Waals surface area contributed by atoms with Crippen LogP contribution in [-0.2, 0) is 13.0 Å². The van der Waals surface area contributed by atoms with Gasteiger partial charge < -0.3 is 15.6 Å². The largest absolute Gasteiger partial charge is 0.492 e. The molecule has 1 aromatic carbocycles. The van der Waals surface area contributed by atoms with E-state index in [-0.39, 0.29) is 25.0 Å². The van der Waals surface area contributed by atoms with Gasteiger partial charge in [-0.1, -0.05) is 5.10 Å². The Balaban J connectivity index is 1.66. The number of anilines is 1. The zero-order valence-electron chi connectivity index (χ0n) is 11.2. The number of hydrogen-bond acceptors (Lipinski definition) is 6. The highest BCUT2D eigenvalue weighted by Gasteiger charge is 2.17. The average Bonchev–Trinajstić information content (AvgIpc) is 3.06. The number of fused-ring (bicyclic) bond motifs is 1. The highest BCUT2D eigenvalue weighted by molar-refractivity contribution is 5.65. The molecule has 0 aliphatic heterocycles. The van der Waals surface area contributed by atoms with Gasteiger partial charge in [0.15, 0.2) is 0 Å². The van der Waals surface area contributed by atoms with Crippen molar-refractivity contribution in [3.05, 3.63) is 34.6 Å². The third kappa shape index (κ3) is 2.70. The minimum absolute atomic E-state index is 0.0666. The van der Waals surface area contributed by atoms with Crippen molar-refractivity contribution in [2.45, 2.75) is 13.0 Å². The number of benzene rings is 1. The Morgan fingerprint density at radius 3 is 3.00 bits per heavy atom. The highest BCUT2D eigenvalue weighted by atomic mass is 19.1. The normalized spacial score (nSPS) is 13.1. The van der Waals surface area contributed by atoms with Gasteiger partial charge in [0, 0.05) is 11.6 Å². The molecule has 3 rings (SSSR count). The summed E-state index contributed by atoms with van der Waals surface area (Å²) in [6, 6.07) is 3.11. The fourth-order valence-electron chi connectivity index (χ4n) is 2.26. The number of rotatable bonds is 5. The van der Waals surface area contributed by atoms with E-state index in [1.54, 1.807) is 12.1 Å². The standard InChI is InChI=1S/C13H14FN5O2/c14-12-6-10(5-9-3-8(7-20)4-11(9)12)21-2-1-19-13(15)16-17-18-19/h4-6,20H,1-3,7H2,(H2,15,16,18). The molecular weight excluding hydrogens is 277 g/mol. The Kier molecular flexibility index (Phi) is 3.53. The molecule has 1 heterocycles. The second kappa shape index (κ2) is 5.49. The van der Waals surface area contributed by atoms with Gasteiger partial charge in [-0.25, -0.2) is 9.07 Å². The van der Waals surface area contributed by atoms with Crippen molar-refractivity contribution >= 4 is 12.0 Å². The second-order valence-corrected chi connectivity index (χ2v) is 4.72. The molecule has 2 aromatic rings. The zero-order chi connectivity index (χ0) is 14.8. The first-order chi connectivity index (χ1) is 10.2. The molecule has 0 fully saturated rings. The lowest BCUT2D eigenvalue weighted by Crippen LogP contribution is -2.12. The van der Waals surface area contributed by atoms with E-state index < -0.39 is 0 Å². The van der Waals surface area contributed by atoms with E-state index in [9.17, 15) is 4.39 Å². The number of tetrazole rings is 1. The third-order valence-corrected chi connectivity index (χ3v) is 3.29. The lowest BCUT2D eigenvalue weighted by molar-refractivity contribution is 0.289. The van der Waals surface area contributed by atoms with Crippen LogP contribution in [0.1, 0.15) is 11.1 Å². The number of aromatic nitrogens is 4. The first kappa shape index (κ1) is 13.5. The molecule has 8 heteroatoms. The summed E-state index contributed by atoms with van der Waals surface area (Å²) in [5.41, 5.74) is 7.66. The van der Waals surface area contributed by atoms with E-state index in [4.69, 9.17) is 15.6 Å². The summed E-state index contributed by atoms with van der Waals surface area (Å²) in [6.07, 6.45) is 2.22. The number of nitrogens with two attached hydrogens (primary N) is 1. The van der Waals surface area contributed by atoms with E-state index in [0.717, 1.165) is 11.1 Å². The van der Waals surface area contributed by atoms with Crippen molar-refractivity contribution in [2.24, 2.45) is 0 Å². The van der Waals surface area contributed by atoms with E-state index >= 15 is 0 Å². The summed E-state index contributed by atoms with van der Waals surface area (Å²) < 4.78 is 20.9. The molecule has 0 atom stereocenters. The quantitative estimate of drug-likeness (QED) is 0.827. The van der Waals surface area contributed by atoms with Gasteiger partial charge in [-0.05, 0) is 40.1 Å². The van der Waals surface area contributed by atoms with Crippen molar-refractivity contribution in [1.29, 1.82) is 0 Å². The molecule has 0 bridgehead atoms. The molecular formula is C13H14FN5O2. The predicted octanol–water partition coefficient (Wildman–Crippen LogP) is 0.405. The predicted molar refractivity (Wildman–Crippen MR) is 72.9 cm³/mol. The monoisotopic (exact) mass is 291 g/mol. The number of ether oxygens (including phenoxy) is 1. The molecule has 7 nitrogen and oxygen atoms in total. The minimum atomic E-state index is -0.354. The molecule has 0 radical (unpaired) electrons. The van der Waals surface area contributed by atoms with E-state index in [2.05, 4.69) is 15.5 Å². The van der Waals surface area contributed by atoms with Crippen LogP contribution < -0.4 is 10.5 Å². The van der Waals surface area contributed by atoms with Crippen molar-refractivity contribution in [3.8, 4) is 5.75 Å². The fourth-order valence-corrected chi connectivity index (χ4v) is 2.26. The van der Waals surface area contributed by atoms with Crippen LogP contribution in [0.25, 0.3) is 6.08 Å². The molecule has 0 saturated heterocycles. The zero-order valence-corrected chi connectivity index (χ0v) is 11.2. The summed E-state index contributed by atoms with van der Waals surface area (Å²) in [6.45, 7) is 0.578. The van der Waals surface area contributed by atoms with E-state index in [1.165, 1.54) is 10.7 Å². The maximum atomic E-state index is 14.0. The van der Waals surface area contributed by atoms with E-state index in [1.807, 2.05) is 0 Å². The Hall–Kier alpha value is -2.48. The summed E-state index contributed by atoms with van der Waals surface area (Å²) >= 11 is 0. The van der Waals surface area contributed by atoms with Crippen LogP contribution in [0.2, 0.25) is 0 Å². The van der Waals surface area contributed by atoms with Crippen LogP contribution >= 0.6 is 0 Å².